The Morgan fingerprint density at radius 2 is 2.20 bits per heavy atom. The fourth-order valence-corrected chi connectivity index (χ4v) is 1.74. The highest BCUT2D eigenvalue weighted by atomic mass is 16.2. The third-order valence-electron chi connectivity index (χ3n) is 2.59. The number of hydrogen-bond acceptors (Lipinski definition) is 2. The second-order valence-corrected chi connectivity index (χ2v) is 3.73. The Morgan fingerprint density at radius 3 is 2.87 bits per heavy atom. The van der Waals surface area contributed by atoms with Crippen molar-refractivity contribution in [3.05, 3.63) is 24.3 Å². The number of rotatable bonds is 2. The van der Waals surface area contributed by atoms with E-state index in [9.17, 15) is 4.79 Å². The Hall–Kier alpha value is -1.58. The van der Waals surface area contributed by atoms with Crippen molar-refractivity contribution in [2.75, 3.05) is 13.1 Å². The van der Waals surface area contributed by atoms with E-state index in [1.807, 2.05) is 4.90 Å². The SMILES string of the molecule is O=C(/C=C/c1cnc[nH]1)N1CCCCC1. The van der Waals surface area contributed by atoms with Crippen LogP contribution < -0.4 is 0 Å². The maximum absolute atomic E-state index is 11.7. The van der Waals surface area contributed by atoms with Crippen molar-refractivity contribution >= 4 is 12.0 Å². The van der Waals surface area contributed by atoms with Crippen LogP contribution in [-0.2, 0) is 4.79 Å². The number of nitrogens with one attached hydrogen (secondary N) is 1. The lowest BCUT2D eigenvalue weighted by molar-refractivity contribution is -0.126. The van der Waals surface area contributed by atoms with Gasteiger partial charge in [0.2, 0.25) is 5.91 Å². The molecule has 1 aromatic heterocycles. The van der Waals surface area contributed by atoms with Gasteiger partial charge in [-0.25, -0.2) is 4.98 Å². The van der Waals surface area contributed by atoms with E-state index >= 15 is 0 Å². The van der Waals surface area contributed by atoms with Gasteiger partial charge in [-0.1, -0.05) is 0 Å². The monoisotopic (exact) mass is 205 g/mol. The van der Waals surface area contributed by atoms with Crippen molar-refractivity contribution < 1.29 is 4.79 Å². The van der Waals surface area contributed by atoms with Gasteiger partial charge < -0.3 is 9.88 Å². The average Bonchev–Trinajstić information content (AvgIpc) is 2.80. The lowest BCUT2D eigenvalue weighted by atomic mass is 10.1. The number of piperidine rings is 1. The summed E-state index contributed by atoms with van der Waals surface area (Å²) >= 11 is 0. The molecule has 0 aromatic carbocycles. The molecule has 1 aliphatic heterocycles. The van der Waals surface area contributed by atoms with Crippen LogP contribution in [-0.4, -0.2) is 33.9 Å². The summed E-state index contributed by atoms with van der Waals surface area (Å²) in [6.45, 7) is 1.79. The molecule has 0 atom stereocenters. The Kier molecular flexibility index (Phi) is 3.17. The molecule has 0 radical (unpaired) electrons. The Balaban J connectivity index is 1.91. The molecule has 2 heterocycles. The van der Waals surface area contributed by atoms with Crippen molar-refractivity contribution in [1.29, 1.82) is 0 Å². The van der Waals surface area contributed by atoms with Gasteiger partial charge in [0.15, 0.2) is 0 Å². The van der Waals surface area contributed by atoms with Gasteiger partial charge in [-0.2, -0.15) is 0 Å². The summed E-state index contributed by atoms with van der Waals surface area (Å²) in [5.74, 6) is 0.101. The number of carbonyl (C=O) groups is 1. The second kappa shape index (κ2) is 4.77. The van der Waals surface area contributed by atoms with Crippen LogP contribution in [0.1, 0.15) is 25.0 Å². The fourth-order valence-electron chi connectivity index (χ4n) is 1.74. The van der Waals surface area contributed by atoms with Crippen LogP contribution in [0.4, 0.5) is 0 Å². The largest absolute Gasteiger partial charge is 0.345 e. The average molecular weight is 205 g/mol. The predicted octanol–water partition coefficient (Wildman–Crippen LogP) is 1.44. The topological polar surface area (TPSA) is 49.0 Å². The molecule has 0 bridgehead atoms. The van der Waals surface area contributed by atoms with E-state index in [-0.39, 0.29) is 5.91 Å². The molecule has 0 spiro atoms. The number of likely N-dealkylation sites (tertiary alicyclic amines) is 1. The number of aromatic nitrogens is 2. The number of H-pyrrole nitrogens is 1. The molecular weight excluding hydrogens is 190 g/mol. The van der Waals surface area contributed by atoms with Gasteiger partial charge in [-0.3, -0.25) is 4.79 Å². The van der Waals surface area contributed by atoms with E-state index in [0.29, 0.717) is 0 Å². The van der Waals surface area contributed by atoms with Gasteiger partial charge in [0.05, 0.1) is 18.2 Å². The molecule has 1 aromatic rings. The third-order valence-corrected chi connectivity index (χ3v) is 2.59. The minimum atomic E-state index is 0.101. The molecule has 15 heavy (non-hydrogen) atoms. The minimum absolute atomic E-state index is 0.101. The maximum atomic E-state index is 11.7. The van der Waals surface area contributed by atoms with E-state index in [0.717, 1.165) is 31.6 Å². The molecule has 1 amide bonds. The maximum Gasteiger partial charge on any atom is 0.246 e. The van der Waals surface area contributed by atoms with E-state index in [1.165, 1.54) is 6.42 Å². The van der Waals surface area contributed by atoms with Crippen LogP contribution in [0.25, 0.3) is 6.08 Å². The number of aromatic amines is 1. The van der Waals surface area contributed by atoms with E-state index < -0.39 is 0 Å². The number of imidazole rings is 1. The number of hydrogen-bond donors (Lipinski definition) is 1. The molecule has 2 rings (SSSR count). The highest BCUT2D eigenvalue weighted by Gasteiger charge is 2.13. The number of nitrogens with zero attached hydrogens (tertiary/aromatic N) is 2. The zero-order chi connectivity index (χ0) is 10.5. The van der Waals surface area contributed by atoms with Crippen LogP contribution >= 0.6 is 0 Å². The Bertz CT molecular complexity index is 337. The molecule has 1 fully saturated rings. The van der Waals surface area contributed by atoms with Crippen molar-refractivity contribution in [2.24, 2.45) is 0 Å². The van der Waals surface area contributed by atoms with Gasteiger partial charge in [0, 0.05) is 19.2 Å². The number of carbonyl (C=O) groups excluding carboxylic acids is 1. The summed E-state index contributed by atoms with van der Waals surface area (Å²) in [4.78, 5) is 20.4. The van der Waals surface area contributed by atoms with Crippen molar-refractivity contribution in [3.8, 4) is 0 Å². The van der Waals surface area contributed by atoms with Gasteiger partial charge in [0.25, 0.3) is 0 Å². The van der Waals surface area contributed by atoms with Gasteiger partial charge in [0.1, 0.15) is 0 Å². The normalized spacial score (nSPS) is 17.2. The summed E-state index contributed by atoms with van der Waals surface area (Å²) in [5.41, 5.74) is 0.861. The molecule has 4 nitrogen and oxygen atoms in total. The lowest BCUT2D eigenvalue weighted by Gasteiger charge is -2.25. The van der Waals surface area contributed by atoms with E-state index in [4.69, 9.17) is 0 Å². The van der Waals surface area contributed by atoms with Gasteiger partial charge >= 0.3 is 0 Å². The van der Waals surface area contributed by atoms with Crippen LogP contribution in [0, 0.1) is 0 Å². The summed E-state index contributed by atoms with van der Waals surface area (Å²) in [6, 6.07) is 0. The summed E-state index contributed by atoms with van der Waals surface area (Å²) in [5, 5.41) is 0. The zero-order valence-electron chi connectivity index (χ0n) is 8.65. The van der Waals surface area contributed by atoms with Gasteiger partial charge in [-0.05, 0) is 25.3 Å². The Labute approximate surface area is 89.0 Å². The molecular formula is C11H15N3O. The first-order valence-corrected chi connectivity index (χ1v) is 5.31. The molecule has 80 valence electrons. The summed E-state index contributed by atoms with van der Waals surface area (Å²) < 4.78 is 0. The molecule has 1 saturated heterocycles. The minimum Gasteiger partial charge on any atom is -0.345 e. The van der Waals surface area contributed by atoms with E-state index in [1.54, 1.807) is 24.7 Å². The molecule has 0 aliphatic carbocycles. The summed E-state index contributed by atoms with van der Waals surface area (Å²) in [7, 11) is 0. The number of amides is 1. The standard InChI is InChI=1S/C11H15N3O/c15-11(14-6-2-1-3-7-14)5-4-10-8-12-9-13-10/h4-5,8-9H,1-3,6-7H2,(H,12,13)/b5-4+. The van der Waals surface area contributed by atoms with Crippen LogP contribution in [0.2, 0.25) is 0 Å². The molecule has 0 saturated carbocycles. The first-order valence-electron chi connectivity index (χ1n) is 5.31. The Morgan fingerprint density at radius 1 is 1.40 bits per heavy atom. The van der Waals surface area contributed by atoms with Crippen molar-refractivity contribution in [3.63, 3.8) is 0 Å². The van der Waals surface area contributed by atoms with Crippen LogP contribution in [0.15, 0.2) is 18.6 Å². The fraction of sp³-hybridized carbons (Fsp3) is 0.455. The predicted molar refractivity (Wildman–Crippen MR) is 58.1 cm³/mol. The first-order chi connectivity index (χ1) is 7.36. The highest BCUT2D eigenvalue weighted by molar-refractivity contribution is 5.91. The van der Waals surface area contributed by atoms with Crippen LogP contribution in [0.5, 0.6) is 0 Å². The van der Waals surface area contributed by atoms with Gasteiger partial charge in [-0.15, -0.1) is 0 Å². The zero-order valence-corrected chi connectivity index (χ0v) is 8.65. The molecule has 1 aliphatic rings. The third kappa shape index (κ3) is 2.68. The molecule has 4 heteroatoms. The first kappa shape index (κ1) is 9.96. The van der Waals surface area contributed by atoms with Crippen molar-refractivity contribution in [2.45, 2.75) is 19.3 Å². The second-order valence-electron chi connectivity index (χ2n) is 3.73. The van der Waals surface area contributed by atoms with Crippen molar-refractivity contribution in [1.82, 2.24) is 14.9 Å². The molecule has 1 N–H and O–H groups in total. The highest BCUT2D eigenvalue weighted by Crippen LogP contribution is 2.09. The quantitative estimate of drug-likeness (QED) is 0.742. The van der Waals surface area contributed by atoms with E-state index in [2.05, 4.69) is 9.97 Å². The molecule has 0 unspecified atom stereocenters. The van der Waals surface area contributed by atoms with Crippen LogP contribution in [0.3, 0.4) is 0 Å². The lowest BCUT2D eigenvalue weighted by Crippen LogP contribution is -2.34. The smallest absolute Gasteiger partial charge is 0.246 e. The summed E-state index contributed by atoms with van der Waals surface area (Å²) in [6.07, 6.45) is 10.2.